The fourth-order valence-corrected chi connectivity index (χ4v) is 3.24. The fraction of sp³-hybridized carbons (Fsp3) is 0.0952. The number of aromatic nitrogens is 3. The second-order valence-corrected chi connectivity index (χ2v) is 6.58. The predicted molar refractivity (Wildman–Crippen MR) is 103 cm³/mol. The second kappa shape index (κ2) is 7.10. The third-order valence-corrected chi connectivity index (χ3v) is 4.47. The minimum Gasteiger partial charge on any atom is -0.333 e. The normalized spacial score (nSPS) is 11.0. The van der Waals surface area contributed by atoms with Crippen molar-refractivity contribution in [2.75, 3.05) is 0 Å². The number of carbonyl (C=O) groups excluding carboxylic acids is 1. The highest BCUT2D eigenvalue weighted by molar-refractivity contribution is 6.30. The molecule has 0 spiro atoms. The van der Waals surface area contributed by atoms with Crippen LogP contribution in [0.5, 0.6) is 0 Å². The Hall–Kier alpha value is -2.98. The Morgan fingerprint density at radius 2 is 1.92 bits per heavy atom. The van der Waals surface area contributed by atoms with Crippen molar-refractivity contribution in [1.29, 1.82) is 0 Å². The first-order valence-corrected chi connectivity index (χ1v) is 8.69. The Morgan fingerprint density at radius 1 is 1.04 bits per heavy atom. The van der Waals surface area contributed by atoms with E-state index in [1.54, 1.807) is 18.6 Å². The summed E-state index contributed by atoms with van der Waals surface area (Å²) in [5.41, 5.74) is 3.34. The molecular formula is C21H16ClN3O. The third-order valence-electron chi connectivity index (χ3n) is 4.23. The number of carbonyl (C=O) groups is 1. The average Bonchev–Trinajstić information content (AvgIpc) is 3.08. The van der Waals surface area contributed by atoms with Gasteiger partial charge in [0.1, 0.15) is 0 Å². The number of Topliss-reactive ketones (excluding diaryl/α,β-unsaturated/α-hetero) is 1. The molecule has 0 N–H and O–H groups in total. The minimum atomic E-state index is 0.0385. The van der Waals surface area contributed by atoms with Crippen molar-refractivity contribution in [2.24, 2.45) is 0 Å². The number of hydrogen-bond donors (Lipinski definition) is 0. The first-order valence-electron chi connectivity index (χ1n) is 8.31. The molecule has 4 rings (SSSR count). The molecule has 0 fully saturated rings. The van der Waals surface area contributed by atoms with Crippen molar-refractivity contribution >= 4 is 28.3 Å². The highest BCUT2D eigenvalue weighted by Gasteiger charge is 2.13. The maximum Gasteiger partial charge on any atom is 0.169 e. The molecule has 0 bridgehead atoms. The van der Waals surface area contributed by atoms with E-state index in [4.69, 9.17) is 11.6 Å². The SMILES string of the molecule is O=C(Cc1cn(Cc2cccc(Cl)c2)cn1)c1ccnc2ccccc12. The molecule has 0 aliphatic heterocycles. The molecule has 128 valence electrons. The average molecular weight is 362 g/mol. The number of fused-ring (bicyclic) bond motifs is 1. The zero-order valence-corrected chi connectivity index (χ0v) is 14.7. The zero-order valence-electron chi connectivity index (χ0n) is 14.0. The summed E-state index contributed by atoms with van der Waals surface area (Å²) in [7, 11) is 0. The van der Waals surface area contributed by atoms with Crippen LogP contribution in [-0.4, -0.2) is 20.3 Å². The lowest BCUT2D eigenvalue weighted by Gasteiger charge is -2.04. The third kappa shape index (κ3) is 3.51. The summed E-state index contributed by atoms with van der Waals surface area (Å²) >= 11 is 6.03. The molecule has 0 radical (unpaired) electrons. The number of ketones is 1. The minimum absolute atomic E-state index is 0.0385. The number of imidazole rings is 1. The van der Waals surface area contributed by atoms with Crippen LogP contribution in [-0.2, 0) is 13.0 Å². The van der Waals surface area contributed by atoms with Gasteiger partial charge in [-0.1, -0.05) is 41.9 Å². The van der Waals surface area contributed by atoms with Crippen molar-refractivity contribution in [3.8, 4) is 0 Å². The molecule has 2 heterocycles. The summed E-state index contributed by atoms with van der Waals surface area (Å²) in [4.78, 5) is 21.4. The Bertz CT molecular complexity index is 1080. The summed E-state index contributed by atoms with van der Waals surface area (Å²) in [6.07, 6.45) is 5.58. The van der Waals surface area contributed by atoms with Crippen molar-refractivity contribution in [1.82, 2.24) is 14.5 Å². The van der Waals surface area contributed by atoms with Gasteiger partial charge in [0.05, 0.1) is 24.0 Å². The summed E-state index contributed by atoms with van der Waals surface area (Å²) in [6, 6.07) is 17.2. The van der Waals surface area contributed by atoms with E-state index < -0.39 is 0 Å². The lowest BCUT2D eigenvalue weighted by atomic mass is 10.0. The second-order valence-electron chi connectivity index (χ2n) is 6.14. The molecule has 4 nitrogen and oxygen atoms in total. The molecular weight excluding hydrogens is 346 g/mol. The van der Waals surface area contributed by atoms with Crippen LogP contribution in [0.25, 0.3) is 10.9 Å². The van der Waals surface area contributed by atoms with E-state index in [0.717, 1.165) is 22.2 Å². The first-order chi connectivity index (χ1) is 12.7. The van der Waals surface area contributed by atoms with Gasteiger partial charge in [-0.05, 0) is 29.8 Å². The lowest BCUT2D eigenvalue weighted by molar-refractivity contribution is 0.0993. The molecule has 0 aliphatic carbocycles. The molecule has 26 heavy (non-hydrogen) atoms. The Labute approximate surface area is 156 Å². The smallest absolute Gasteiger partial charge is 0.169 e. The lowest BCUT2D eigenvalue weighted by Crippen LogP contribution is -2.05. The summed E-state index contributed by atoms with van der Waals surface area (Å²) in [6.45, 7) is 0.667. The van der Waals surface area contributed by atoms with E-state index >= 15 is 0 Å². The maximum absolute atomic E-state index is 12.7. The summed E-state index contributed by atoms with van der Waals surface area (Å²) in [5.74, 6) is 0.0385. The van der Waals surface area contributed by atoms with Crippen LogP contribution in [0.2, 0.25) is 5.02 Å². The van der Waals surface area contributed by atoms with E-state index in [9.17, 15) is 4.79 Å². The molecule has 0 saturated carbocycles. The van der Waals surface area contributed by atoms with Gasteiger partial charge in [0.15, 0.2) is 5.78 Å². The van der Waals surface area contributed by atoms with Crippen LogP contribution < -0.4 is 0 Å². The van der Waals surface area contributed by atoms with Crippen LogP contribution in [0.1, 0.15) is 21.6 Å². The van der Waals surface area contributed by atoms with E-state index in [-0.39, 0.29) is 12.2 Å². The molecule has 0 aliphatic rings. The number of benzene rings is 2. The highest BCUT2D eigenvalue weighted by atomic mass is 35.5. The maximum atomic E-state index is 12.7. The van der Waals surface area contributed by atoms with Gasteiger partial charge in [0.25, 0.3) is 0 Å². The van der Waals surface area contributed by atoms with Gasteiger partial charge >= 0.3 is 0 Å². The molecule has 0 atom stereocenters. The number of rotatable bonds is 5. The van der Waals surface area contributed by atoms with Gasteiger partial charge in [0.2, 0.25) is 0 Å². The Kier molecular flexibility index (Phi) is 4.50. The van der Waals surface area contributed by atoms with Gasteiger partial charge in [0, 0.05) is 34.9 Å². The molecule has 5 heteroatoms. The number of halogens is 1. The number of pyridine rings is 1. The first kappa shape index (κ1) is 16.5. The standard InChI is InChI=1S/C21H16ClN3O/c22-16-5-3-4-15(10-16)12-25-13-17(24-14-25)11-21(26)19-8-9-23-20-7-2-1-6-18(19)20/h1-10,13-14H,11-12H2. The molecule has 0 saturated heterocycles. The van der Waals surface area contributed by atoms with Crippen molar-refractivity contribution < 1.29 is 4.79 Å². The molecule has 0 amide bonds. The summed E-state index contributed by atoms with van der Waals surface area (Å²) < 4.78 is 1.96. The monoisotopic (exact) mass is 361 g/mol. The van der Waals surface area contributed by atoms with Gasteiger partial charge in [-0.3, -0.25) is 9.78 Å². The van der Waals surface area contributed by atoms with E-state index in [2.05, 4.69) is 9.97 Å². The zero-order chi connectivity index (χ0) is 17.9. The van der Waals surface area contributed by atoms with Crippen LogP contribution in [0.4, 0.5) is 0 Å². The number of para-hydroxylation sites is 1. The van der Waals surface area contributed by atoms with Crippen LogP contribution in [0.3, 0.4) is 0 Å². The van der Waals surface area contributed by atoms with E-state index in [0.29, 0.717) is 17.1 Å². The predicted octanol–water partition coefficient (Wildman–Crippen LogP) is 4.56. The summed E-state index contributed by atoms with van der Waals surface area (Å²) in [5, 5.41) is 1.58. The van der Waals surface area contributed by atoms with Crippen molar-refractivity contribution in [2.45, 2.75) is 13.0 Å². The highest BCUT2D eigenvalue weighted by Crippen LogP contribution is 2.18. The molecule has 0 unspecified atom stereocenters. The van der Waals surface area contributed by atoms with Crippen LogP contribution >= 0.6 is 11.6 Å². The van der Waals surface area contributed by atoms with E-state index in [1.807, 2.05) is 59.3 Å². The van der Waals surface area contributed by atoms with Crippen molar-refractivity contribution in [3.63, 3.8) is 0 Å². The number of nitrogens with zero attached hydrogens (tertiary/aromatic N) is 3. The van der Waals surface area contributed by atoms with Crippen LogP contribution in [0.15, 0.2) is 73.3 Å². The molecule has 4 aromatic rings. The van der Waals surface area contributed by atoms with Gasteiger partial charge < -0.3 is 4.57 Å². The van der Waals surface area contributed by atoms with Crippen molar-refractivity contribution in [3.05, 3.63) is 95.2 Å². The Balaban J connectivity index is 1.52. The number of hydrogen-bond acceptors (Lipinski definition) is 3. The molecule has 2 aromatic heterocycles. The quantitative estimate of drug-likeness (QED) is 0.489. The van der Waals surface area contributed by atoms with E-state index in [1.165, 1.54) is 0 Å². The largest absolute Gasteiger partial charge is 0.333 e. The topological polar surface area (TPSA) is 47.8 Å². The molecule has 2 aromatic carbocycles. The van der Waals surface area contributed by atoms with Crippen LogP contribution in [0, 0.1) is 0 Å². The fourth-order valence-electron chi connectivity index (χ4n) is 3.03. The Morgan fingerprint density at radius 3 is 2.81 bits per heavy atom. The van der Waals surface area contributed by atoms with Gasteiger partial charge in [-0.15, -0.1) is 0 Å². The van der Waals surface area contributed by atoms with Gasteiger partial charge in [-0.2, -0.15) is 0 Å². The van der Waals surface area contributed by atoms with Gasteiger partial charge in [-0.25, -0.2) is 4.98 Å².